The predicted molar refractivity (Wildman–Crippen MR) is 71.6 cm³/mol. The zero-order chi connectivity index (χ0) is 12.7. The van der Waals surface area contributed by atoms with Gasteiger partial charge in [-0.2, -0.15) is 0 Å². The van der Waals surface area contributed by atoms with Crippen molar-refractivity contribution < 1.29 is 9.53 Å². The Morgan fingerprint density at radius 3 is 2.94 bits per heavy atom. The molecule has 1 aromatic carbocycles. The van der Waals surface area contributed by atoms with E-state index in [-0.39, 0.29) is 5.97 Å². The minimum atomic E-state index is -0.232. The van der Waals surface area contributed by atoms with Crippen LogP contribution in [0.3, 0.4) is 0 Å². The van der Waals surface area contributed by atoms with Crippen molar-refractivity contribution in [1.82, 2.24) is 5.32 Å². The Morgan fingerprint density at radius 1 is 1.53 bits per heavy atom. The van der Waals surface area contributed by atoms with Gasteiger partial charge in [-0.1, -0.05) is 24.6 Å². The first-order chi connectivity index (χ1) is 8.19. The number of hydrogen-bond acceptors (Lipinski definition) is 4. The maximum atomic E-state index is 11.1. The highest BCUT2D eigenvalue weighted by Gasteiger charge is 2.09. The number of halogens is 1. The van der Waals surface area contributed by atoms with E-state index < -0.39 is 0 Å². The first-order valence-electron chi connectivity index (χ1n) is 5.36. The van der Waals surface area contributed by atoms with Gasteiger partial charge >= 0.3 is 5.97 Å². The number of hydrogen-bond donors (Lipinski definition) is 1. The van der Waals surface area contributed by atoms with Crippen LogP contribution in [0.2, 0.25) is 5.02 Å². The SMILES string of the molecule is CCNCc1c(Cl)cccc1SCC(=O)OC. The van der Waals surface area contributed by atoms with Gasteiger partial charge in [-0.15, -0.1) is 11.8 Å². The summed E-state index contributed by atoms with van der Waals surface area (Å²) in [6.07, 6.45) is 0. The molecular weight excluding hydrogens is 258 g/mol. The first kappa shape index (κ1) is 14.4. The van der Waals surface area contributed by atoms with Crippen LogP contribution in [0.15, 0.2) is 23.1 Å². The molecule has 0 amide bonds. The summed E-state index contributed by atoms with van der Waals surface area (Å²) in [5, 5.41) is 3.96. The Kier molecular flexibility index (Phi) is 6.40. The molecule has 1 rings (SSSR count). The van der Waals surface area contributed by atoms with E-state index in [1.807, 2.05) is 25.1 Å². The van der Waals surface area contributed by atoms with Crippen LogP contribution in [0.5, 0.6) is 0 Å². The summed E-state index contributed by atoms with van der Waals surface area (Å²) in [4.78, 5) is 12.1. The quantitative estimate of drug-likeness (QED) is 0.639. The predicted octanol–water partition coefficient (Wildman–Crippen LogP) is 2.71. The molecule has 0 saturated carbocycles. The number of carbonyl (C=O) groups is 1. The lowest BCUT2D eigenvalue weighted by atomic mass is 10.2. The molecule has 1 aromatic rings. The molecule has 0 aliphatic heterocycles. The fraction of sp³-hybridized carbons (Fsp3) is 0.417. The topological polar surface area (TPSA) is 38.3 Å². The van der Waals surface area contributed by atoms with Crippen LogP contribution >= 0.6 is 23.4 Å². The summed E-state index contributed by atoms with van der Waals surface area (Å²) in [6, 6.07) is 5.71. The lowest BCUT2D eigenvalue weighted by Gasteiger charge is -2.10. The molecule has 5 heteroatoms. The van der Waals surface area contributed by atoms with Crippen molar-refractivity contribution in [3.63, 3.8) is 0 Å². The Bertz CT molecular complexity index is 385. The highest BCUT2D eigenvalue weighted by Crippen LogP contribution is 2.28. The normalized spacial score (nSPS) is 10.3. The maximum absolute atomic E-state index is 11.1. The summed E-state index contributed by atoms with van der Waals surface area (Å²) in [7, 11) is 1.39. The number of carbonyl (C=O) groups excluding carboxylic acids is 1. The minimum Gasteiger partial charge on any atom is -0.468 e. The average molecular weight is 274 g/mol. The Hall–Kier alpha value is -0.710. The highest BCUT2D eigenvalue weighted by molar-refractivity contribution is 8.00. The van der Waals surface area contributed by atoms with Crippen LogP contribution in [0.25, 0.3) is 0 Å². The summed E-state index contributed by atoms with van der Waals surface area (Å²) in [6.45, 7) is 3.63. The molecule has 0 bridgehead atoms. The third kappa shape index (κ3) is 4.58. The summed E-state index contributed by atoms with van der Waals surface area (Å²) >= 11 is 7.59. The van der Waals surface area contributed by atoms with Crippen LogP contribution in [0, 0.1) is 0 Å². The van der Waals surface area contributed by atoms with Gasteiger partial charge in [-0.3, -0.25) is 4.79 Å². The molecule has 0 atom stereocenters. The summed E-state index contributed by atoms with van der Waals surface area (Å²) in [5.74, 6) is 0.0695. The molecule has 94 valence electrons. The maximum Gasteiger partial charge on any atom is 0.315 e. The van der Waals surface area contributed by atoms with E-state index in [0.717, 1.165) is 22.0 Å². The lowest BCUT2D eigenvalue weighted by Crippen LogP contribution is -2.13. The fourth-order valence-corrected chi connectivity index (χ4v) is 2.51. The van der Waals surface area contributed by atoms with Crippen LogP contribution in [0.1, 0.15) is 12.5 Å². The summed E-state index contributed by atoms with van der Waals surface area (Å²) in [5.41, 5.74) is 1.03. The molecule has 0 aliphatic rings. The zero-order valence-electron chi connectivity index (χ0n) is 9.96. The van der Waals surface area contributed by atoms with Crippen LogP contribution in [-0.2, 0) is 16.1 Å². The Morgan fingerprint density at radius 2 is 2.29 bits per heavy atom. The number of thioether (sulfide) groups is 1. The van der Waals surface area contributed by atoms with Crippen LogP contribution in [0.4, 0.5) is 0 Å². The third-order valence-corrected chi connectivity index (χ3v) is 3.63. The molecule has 17 heavy (non-hydrogen) atoms. The number of rotatable bonds is 6. The van der Waals surface area contributed by atoms with Gasteiger partial charge in [0.1, 0.15) is 0 Å². The number of esters is 1. The number of methoxy groups -OCH3 is 1. The van der Waals surface area contributed by atoms with E-state index in [1.165, 1.54) is 18.9 Å². The van der Waals surface area contributed by atoms with E-state index in [2.05, 4.69) is 10.1 Å². The van der Waals surface area contributed by atoms with Crippen molar-refractivity contribution in [3.05, 3.63) is 28.8 Å². The molecule has 0 heterocycles. The molecule has 1 N–H and O–H groups in total. The highest BCUT2D eigenvalue weighted by atomic mass is 35.5. The number of ether oxygens (including phenoxy) is 1. The van der Waals surface area contributed by atoms with Crippen molar-refractivity contribution in [2.24, 2.45) is 0 Å². The molecule has 0 saturated heterocycles. The third-order valence-electron chi connectivity index (χ3n) is 2.20. The fourth-order valence-electron chi connectivity index (χ4n) is 1.29. The van der Waals surface area contributed by atoms with Gasteiger partial charge in [0.05, 0.1) is 12.9 Å². The van der Waals surface area contributed by atoms with E-state index >= 15 is 0 Å². The molecule has 0 spiro atoms. The monoisotopic (exact) mass is 273 g/mol. The number of nitrogens with one attached hydrogen (secondary N) is 1. The van der Waals surface area contributed by atoms with Crippen molar-refractivity contribution in [3.8, 4) is 0 Å². The first-order valence-corrected chi connectivity index (χ1v) is 6.73. The zero-order valence-corrected chi connectivity index (χ0v) is 11.5. The lowest BCUT2D eigenvalue weighted by molar-refractivity contribution is -0.137. The van der Waals surface area contributed by atoms with Crippen LogP contribution in [-0.4, -0.2) is 25.4 Å². The van der Waals surface area contributed by atoms with E-state index in [9.17, 15) is 4.79 Å². The van der Waals surface area contributed by atoms with E-state index in [1.54, 1.807) is 0 Å². The largest absolute Gasteiger partial charge is 0.468 e. The summed E-state index contributed by atoms with van der Waals surface area (Å²) < 4.78 is 4.61. The molecule has 0 fully saturated rings. The van der Waals surface area contributed by atoms with Gasteiger partial charge in [-0.25, -0.2) is 0 Å². The molecular formula is C12H16ClNO2S. The van der Waals surface area contributed by atoms with Crippen molar-refractivity contribution in [2.45, 2.75) is 18.4 Å². The molecule has 0 radical (unpaired) electrons. The van der Waals surface area contributed by atoms with Gasteiger partial charge in [-0.05, 0) is 24.2 Å². The smallest absolute Gasteiger partial charge is 0.315 e. The second-order valence-electron chi connectivity index (χ2n) is 3.36. The van der Waals surface area contributed by atoms with Crippen molar-refractivity contribution >= 4 is 29.3 Å². The van der Waals surface area contributed by atoms with Crippen molar-refractivity contribution in [1.29, 1.82) is 0 Å². The second kappa shape index (κ2) is 7.58. The second-order valence-corrected chi connectivity index (χ2v) is 4.79. The van der Waals surface area contributed by atoms with Crippen molar-refractivity contribution in [2.75, 3.05) is 19.4 Å². The minimum absolute atomic E-state index is 0.232. The van der Waals surface area contributed by atoms with Gasteiger partial charge in [0.25, 0.3) is 0 Å². The molecule has 0 unspecified atom stereocenters. The Balaban J connectivity index is 2.75. The van der Waals surface area contributed by atoms with E-state index in [0.29, 0.717) is 12.3 Å². The van der Waals surface area contributed by atoms with Gasteiger partial charge in [0.2, 0.25) is 0 Å². The average Bonchev–Trinajstić information content (AvgIpc) is 2.34. The number of benzene rings is 1. The van der Waals surface area contributed by atoms with Crippen LogP contribution < -0.4 is 5.32 Å². The molecule has 0 aliphatic carbocycles. The van der Waals surface area contributed by atoms with Gasteiger partial charge in [0.15, 0.2) is 0 Å². The van der Waals surface area contributed by atoms with Gasteiger partial charge in [0, 0.05) is 16.5 Å². The molecule has 3 nitrogen and oxygen atoms in total. The molecule has 0 aromatic heterocycles. The van der Waals surface area contributed by atoms with Gasteiger partial charge < -0.3 is 10.1 Å². The standard InChI is InChI=1S/C12H16ClNO2S/c1-3-14-7-9-10(13)5-4-6-11(9)17-8-12(15)16-2/h4-6,14H,3,7-8H2,1-2H3. The van der Waals surface area contributed by atoms with E-state index in [4.69, 9.17) is 11.6 Å². The Labute approximate surface area is 111 Å².